The Labute approximate surface area is 146 Å². The van der Waals surface area contributed by atoms with Crippen LogP contribution in [0.15, 0.2) is 52.8 Å². The molecule has 2 aromatic carbocycles. The van der Waals surface area contributed by atoms with Crippen molar-refractivity contribution in [2.75, 3.05) is 13.1 Å². The first-order chi connectivity index (χ1) is 11.4. The molecule has 6 heteroatoms. The van der Waals surface area contributed by atoms with Gasteiger partial charge in [-0.3, -0.25) is 0 Å². The molecule has 2 aromatic rings. The zero-order valence-corrected chi connectivity index (χ0v) is 14.6. The molecule has 0 spiro atoms. The van der Waals surface area contributed by atoms with Crippen molar-refractivity contribution in [1.82, 2.24) is 5.32 Å². The Morgan fingerprint density at radius 1 is 1.21 bits per heavy atom. The first-order valence-corrected chi connectivity index (χ1v) is 9.50. The quantitative estimate of drug-likeness (QED) is 0.871. The standard InChI is InChI=1S/C18H18ClNO3S/c1-2-12-9-14(3-5-16(12)13-7-8-20-11-13)24(22,23)15-4-6-18(21)17(19)10-15/h2-6,9-10,13,20-21H,1,7-8,11H2. The second-order valence-corrected chi connectivity index (χ2v) is 8.16. The number of hydrogen-bond donors (Lipinski definition) is 2. The van der Waals surface area contributed by atoms with Gasteiger partial charge in [-0.2, -0.15) is 0 Å². The summed E-state index contributed by atoms with van der Waals surface area (Å²) in [6.07, 6.45) is 2.72. The van der Waals surface area contributed by atoms with Crippen molar-refractivity contribution in [2.45, 2.75) is 22.1 Å². The van der Waals surface area contributed by atoms with E-state index in [1.54, 1.807) is 18.2 Å². The topological polar surface area (TPSA) is 66.4 Å². The number of phenols is 1. The molecule has 1 aliphatic heterocycles. The lowest BCUT2D eigenvalue weighted by Gasteiger charge is -2.14. The summed E-state index contributed by atoms with van der Waals surface area (Å²) in [4.78, 5) is 0.240. The molecule has 4 nitrogen and oxygen atoms in total. The summed E-state index contributed by atoms with van der Waals surface area (Å²) in [5.41, 5.74) is 1.94. The summed E-state index contributed by atoms with van der Waals surface area (Å²) < 4.78 is 25.6. The number of halogens is 1. The van der Waals surface area contributed by atoms with E-state index in [0.717, 1.165) is 30.6 Å². The minimum absolute atomic E-state index is 0.00803. The van der Waals surface area contributed by atoms with Crippen LogP contribution in [0.4, 0.5) is 0 Å². The highest BCUT2D eigenvalue weighted by atomic mass is 35.5. The lowest BCUT2D eigenvalue weighted by atomic mass is 9.93. The molecule has 3 rings (SSSR count). The van der Waals surface area contributed by atoms with Crippen molar-refractivity contribution in [3.05, 3.63) is 59.1 Å². The van der Waals surface area contributed by atoms with E-state index < -0.39 is 9.84 Å². The highest BCUT2D eigenvalue weighted by Crippen LogP contribution is 2.32. The van der Waals surface area contributed by atoms with Crippen LogP contribution in [0.25, 0.3) is 6.08 Å². The second-order valence-electron chi connectivity index (χ2n) is 5.80. The predicted octanol–water partition coefficient (Wildman–Crippen LogP) is 3.60. The maximum Gasteiger partial charge on any atom is 0.206 e. The van der Waals surface area contributed by atoms with Gasteiger partial charge in [0.2, 0.25) is 9.84 Å². The smallest absolute Gasteiger partial charge is 0.206 e. The number of nitrogens with one attached hydrogen (secondary N) is 1. The van der Waals surface area contributed by atoms with Crippen LogP contribution in [0, 0.1) is 0 Å². The SMILES string of the molecule is C=Cc1cc(S(=O)(=O)c2ccc(O)c(Cl)c2)ccc1C1CCNC1. The van der Waals surface area contributed by atoms with Crippen molar-refractivity contribution >= 4 is 27.5 Å². The van der Waals surface area contributed by atoms with E-state index in [1.165, 1.54) is 18.2 Å². The van der Waals surface area contributed by atoms with Gasteiger partial charge >= 0.3 is 0 Å². The number of hydrogen-bond acceptors (Lipinski definition) is 4. The van der Waals surface area contributed by atoms with Gasteiger partial charge < -0.3 is 10.4 Å². The van der Waals surface area contributed by atoms with Crippen LogP contribution in [0.2, 0.25) is 5.02 Å². The largest absolute Gasteiger partial charge is 0.506 e. The molecular formula is C18H18ClNO3S. The summed E-state index contributed by atoms with van der Waals surface area (Å²) in [7, 11) is -3.71. The Bertz CT molecular complexity index is 887. The van der Waals surface area contributed by atoms with Gasteiger partial charge in [0, 0.05) is 6.54 Å². The summed E-state index contributed by atoms with van der Waals surface area (Å²) in [6, 6.07) is 9.02. The van der Waals surface area contributed by atoms with Crippen LogP contribution < -0.4 is 5.32 Å². The fourth-order valence-corrected chi connectivity index (χ4v) is 4.55. The second kappa shape index (κ2) is 6.59. The monoisotopic (exact) mass is 363 g/mol. The number of aromatic hydroxyl groups is 1. The molecule has 2 N–H and O–H groups in total. The van der Waals surface area contributed by atoms with E-state index in [1.807, 2.05) is 6.07 Å². The Morgan fingerprint density at radius 2 is 1.92 bits per heavy atom. The third-order valence-corrected chi connectivity index (χ3v) is 6.37. The van der Waals surface area contributed by atoms with E-state index in [0.29, 0.717) is 5.92 Å². The van der Waals surface area contributed by atoms with E-state index in [-0.39, 0.29) is 20.6 Å². The highest BCUT2D eigenvalue weighted by Gasteiger charge is 2.23. The van der Waals surface area contributed by atoms with Crippen LogP contribution in [-0.4, -0.2) is 26.6 Å². The fourth-order valence-electron chi connectivity index (χ4n) is 2.98. The fraction of sp³-hybridized carbons (Fsp3) is 0.222. The molecule has 0 bridgehead atoms. The molecule has 0 aliphatic carbocycles. The van der Waals surface area contributed by atoms with Gasteiger partial charge in [0.15, 0.2) is 0 Å². The lowest BCUT2D eigenvalue weighted by molar-refractivity contribution is 0.475. The van der Waals surface area contributed by atoms with Crippen LogP contribution >= 0.6 is 11.6 Å². The number of sulfone groups is 1. The molecule has 1 fully saturated rings. The normalized spacial score (nSPS) is 17.8. The van der Waals surface area contributed by atoms with Gasteiger partial charge in [0.05, 0.1) is 14.8 Å². The van der Waals surface area contributed by atoms with Crippen molar-refractivity contribution in [1.29, 1.82) is 0 Å². The van der Waals surface area contributed by atoms with Crippen LogP contribution in [0.1, 0.15) is 23.5 Å². The van der Waals surface area contributed by atoms with E-state index in [4.69, 9.17) is 11.6 Å². The third kappa shape index (κ3) is 3.07. The molecular weight excluding hydrogens is 346 g/mol. The first kappa shape index (κ1) is 17.0. The van der Waals surface area contributed by atoms with E-state index in [2.05, 4.69) is 11.9 Å². The van der Waals surface area contributed by atoms with Gasteiger partial charge in [0.1, 0.15) is 5.75 Å². The van der Waals surface area contributed by atoms with Gasteiger partial charge in [-0.1, -0.05) is 30.3 Å². The predicted molar refractivity (Wildman–Crippen MR) is 95.3 cm³/mol. The number of rotatable bonds is 4. The molecule has 0 radical (unpaired) electrons. The van der Waals surface area contributed by atoms with Gasteiger partial charge in [0.25, 0.3) is 0 Å². The van der Waals surface area contributed by atoms with Crippen LogP contribution in [-0.2, 0) is 9.84 Å². The first-order valence-electron chi connectivity index (χ1n) is 7.64. The summed E-state index contributed by atoms with van der Waals surface area (Å²) in [6.45, 7) is 5.67. The minimum Gasteiger partial charge on any atom is -0.506 e. The zero-order valence-electron chi connectivity index (χ0n) is 13.0. The molecule has 1 unspecified atom stereocenters. The highest BCUT2D eigenvalue weighted by molar-refractivity contribution is 7.91. The number of phenolic OH excluding ortho intramolecular Hbond substituents is 1. The Morgan fingerprint density at radius 3 is 2.54 bits per heavy atom. The van der Waals surface area contributed by atoms with Crippen molar-refractivity contribution in [2.24, 2.45) is 0 Å². The summed E-state index contributed by atoms with van der Waals surface area (Å²) in [5, 5.41) is 12.8. The molecule has 24 heavy (non-hydrogen) atoms. The van der Waals surface area contributed by atoms with Crippen molar-refractivity contribution in [3.8, 4) is 5.75 Å². The molecule has 0 amide bonds. The van der Waals surface area contributed by atoms with Crippen LogP contribution in [0.3, 0.4) is 0 Å². The van der Waals surface area contributed by atoms with Gasteiger partial charge in [-0.15, -0.1) is 0 Å². The molecule has 0 saturated carbocycles. The average Bonchev–Trinajstić information content (AvgIpc) is 3.11. The molecule has 1 atom stereocenters. The van der Waals surface area contributed by atoms with E-state index >= 15 is 0 Å². The maximum atomic E-state index is 12.8. The van der Waals surface area contributed by atoms with Crippen LogP contribution in [0.5, 0.6) is 5.75 Å². The summed E-state index contributed by atoms with van der Waals surface area (Å²) >= 11 is 5.84. The summed E-state index contributed by atoms with van der Waals surface area (Å²) in [5.74, 6) is 0.226. The van der Waals surface area contributed by atoms with E-state index in [9.17, 15) is 13.5 Å². The average molecular weight is 364 g/mol. The molecule has 0 aromatic heterocycles. The maximum absolute atomic E-state index is 12.8. The number of benzene rings is 2. The van der Waals surface area contributed by atoms with Gasteiger partial charge in [-0.05, 0) is 60.3 Å². The minimum atomic E-state index is -3.71. The Kier molecular flexibility index (Phi) is 4.67. The Hall–Kier alpha value is -1.82. The van der Waals surface area contributed by atoms with Gasteiger partial charge in [-0.25, -0.2) is 8.42 Å². The molecule has 1 aliphatic rings. The molecule has 126 valence electrons. The Balaban J connectivity index is 2.04. The van der Waals surface area contributed by atoms with Crippen molar-refractivity contribution < 1.29 is 13.5 Å². The zero-order chi connectivity index (χ0) is 17.3. The molecule has 1 heterocycles. The lowest BCUT2D eigenvalue weighted by Crippen LogP contribution is -2.09. The third-order valence-electron chi connectivity index (χ3n) is 4.32. The van der Waals surface area contributed by atoms with Crippen molar-refractivity contribution in [3.63, 3.8) is 0 Å². The molecule has 1 saturated heterocycles.